The molecule has 16 heterocycles. The lowest BCUT2D eigenvalue weighted by molar-refractivity contribution is -0.385. The fourth-order valence-electron chi connectivity index (χ4n) is 21.4. The lowest BCUT2D eigenvalue weighted by Gasteiger charge is -2.14. The number of para-hydroxylation sites is 1. The Morgan fingerprint density at radius 3 is 0.913 bits per heavy atom. The second kappa shape index (κ2) is 38.2. The van der Waals surface area contributed by atoms with Gasteiger partial charge in [-0.2, -0.15) is 0 Å². The third-order valence-corrected chi connectivity index (χ3v) is 29.8. The molecule has 0 amide bonds. The second-order valence-electron chi connectivity index (χ2n) is 39.4. The molecule has 150 heavy (non-hydrogen) atoms. The molecule has 738 valence electrons. The van der Waals surface area contributed by atoms with Crippen molar-refractivity contribution in [3.8, 4) is 85.7 Å². The lowest BCUT2D eigenvalue weighted by atomic mass is 9.96. The molecule has 5 saturated carbocycles. The van der Waals surface area contributed by atoms with Gasteiger partial charge in [0.15, 0.2) is 60.8 Å². The van der Waals surface area contributed by atoms with Gasteiger partial charge in [-0.1, -0.05) is 121 Å². The Bertz CT molecular complexity index is 8340. The number of aromatic nitrogens is 16. The maximum atomic E-state index is 14.8. The zero-order valence-electron chi connectivity index (χ0n) is 82.2. The SMILES string of the molecule is C[C@@H]1N=C(c2ccccc2)c2cc(C3CC3)ccc2-n2cnc(-c3cnco3)c21.C[C@@H]1N=C(c2ccccc2Cl)c2cc(C3CC3)ccc2-n2cnc(-c3cnco3)c21.C[C@@H]1N=C(c2ccccc2F)c2cc(C3CC3)ccc2-n2cnc(-c3cnco3)c21.C[C@@H]1N=C(c2ccccn2)c2cc(C3CC3)ccc2-n2cnc(-c3cnco3)c21.C[C@H]1N=C(c2ccccc2[N+](=O)[O-])c2cc(C3CC3)ccc2-n2cnc(-c3cnco3)c21. The van der Waals surface area contributed by atoms with Crippen molar-refractivity contribution in [1.29, 1.82) is 0 Å². The Morgan fingerprint density at radius 1 is 0.307 bits per heavy atom. The molecule has 0 spiro atoms. The summed E-state index contributed by atoms with van der Waals surface area (Å²) in [5.74, 6) is 5.97. The van der Waals surface area contributed by atoms with E-state index >= 15 is 0 Å². The molecule has 31 heteroatoms. The molecule has 0 N–H and O–H groups in total. The molecule has 10 aliphatic rings. The molecule has 0 saturated heterocycles. The summed E-state index contributed by atoms with van der Waals surface area (Å²) in [6, 6.07) is 70.1. The van der Waals surface area contributed by atoms with Gasteiger partial charge in [-0.3, -0.25) is 62.9 Å². The van der Waals surface area contributed by atoms with Crippen molar-refractivity contribution in [2.45, 2.75) is 159 Å². The van der Waals surface area contributed by atoms with Crippen LogP contribution in [0.3, 0.4) is 0 Å². The summed E-state index contributed by atoms with van der Waals surface area (Å²) in [6.45, 7) is 10.3. The van der Waals surface area contributed by atoms with Crippen molar-refractivity contribution in [2.75, 3.05) is 0 Å². The Balaban J connectivity index is 0.0000000946. The zero-order chi connectivity index (χ0) is 101. The van der Waals surface area contributed by atoms with Crippen LogP contribution >= 0.6 is 11.6 Å². The third kappa shape index (κ3) is 17.2. The van der Waals surface area contributed by atoms with E-state index in [0.717, 1.165) is 136 Å². The number of oxazole rings is 5. The number of pyridine rings is 1. The number of imidazole rings is 5. The summed E-state index contributed by atoms with van der Waals surface area (Å²) in [5.41, 5.74) is 33.5. The first-order valence-corrected chi connectivity index (χ1v) is 51.1. The first kappa shape index (κ1) is 92.1. The van der Waals surface area contributed by atoms with E-state index in [2.05, 4.69) is 205 Å². The minimum Gasteiger partial charge on any atom is -0.442 e. The second-order valence-corrected chi connectivity index (χ2v) is 39.8. The number of halogens is 2. The van der Waals surface area contributed by atoms with E-state index in [0.29, 0.717) is 97.4 Å². The molecule has 5 fully saturated rings. The number of nitro groups is 1. The van der Waals surface area contributed by atoms with E-state index in [4.69, 9.17) is 58.6 Å². The van der Waals surface area contributed by atoms with Gasteiger partial charge in [0.1, 0.15) is 65.9 Å². The summed E-state index contributed by atoms with van der Waals surface area (Å²) in [7, 11) is 0. The highest BCUT2D eigenvalue weighted by atomic mass is 35.5. The molecule has 0 bridgehead atoms. The minimum atomic E-state index is -0.348. The third-order valence-electron chi connectivity index (χ3n) is 29.4. The zero-order valence-corrected chi connectivity index (χ0v) is 83.0. The molecule has 29 nitrogen and oxygen atoms in total. The Labute approximate surface area is 865 Å². The molecule has 5 aliphatic carbocycles. The number of hydrogen-bond donors (Lipinski definition) is 0. The maximum Gasteiger partial charge on any atom is 0.278 e. The summed E-state index contributed by atoms with van der Waals surface area (Å²) >= 11 is 6.61. The van der Waals surface area contributed by atoms with Gasteiger partial charge < -0.3 is 22.1 Å². The van der Waals surface area contributed by atoms with Gasteiger partial charge in [0.05, 0.1) is 163 Å². The van der Waals surface area contributed by atoms with Crippen LogP contribution in [0.25, 0.3) is 85.7 Å². The summed E-state index contributed by atoms with van der Waals surface area (Å²) < 4.78 is 53.0. The average Bonchev–Trinajstić information content (AvgIpc) is 1.61. The van der Waals surface area contributed by atoms with E-state index in [1.165, 1.54) is 136 Å². The van der Waals surface area contributed by atoms with Gasteiger partial charge in [0, 0.05) is 61.8 Å². The Hall–Kier alpha value is -17.8. The highest BCUT2D eigenvalue weighted by molar-refractivity contribution is 6.36. The van der Waals surface area contributed by atoms with Crippen LogP contribution in [0.5, 0.6) is 0 Å². The van der Waals surface area contributed by atoms with Crippen molar-refractivity contribution in [1.82, 2.24) is 77.7 Å². The average molecular weight is 2000 g/mol. The van der Waals surface area contributed by atoms with Crippen LogP contribution in [-0.4, -0.2) is 111 Å². The highest BCUT2D eigenvalue weighted by Gasteiger charge is 2.40. The molecule has 11 aromatic heterocycles. The largest absolute Gasteiger partial charge is 0.442 e. The van der Waals surface area contributed by atoms with Crippen LogP contribution in [0.4, 0.5) is 10.1 Å². The fourth-order valence-corrected chi connectivity index (χ4v) is 21.6. The number of nitro benzene ring substituents is 1. The molecule has 9 aromatic carbocycles. The lowest BCUT2D eigenvalue weighted by Crippen LogP contribution is -2.10. The number of nitrogens with zero attached hydrogens (tertiary/aromatic N) is 22. The van der Waals surface area contributed by atoms with Crippen LogP contribution in [0.15, 0.2) is 360 Å². The molecule has 5 atom stereocenters. The first-order valence-electron chi connectivity index (χ1n) is 50.7. The van der Waals surface area contributed by atoms with E-state index in [9.17, 15) is 14.5 Å². The summed E-state index contributed by atoms with van der Waals surface area (Å²) in [4.78, 5) is 85.0. The monoisotopic (exact) mass is 2000 g/mol. The molecular weight excluding hydrogens is 1900 g/mol. The van der Waals surface area contributed by atoms with E-state index < -0.39 is 0 Å². The van der Waals surface area contributed by atoms with Gasteiger partial charge >= 0.3 is 0 Å². The smallest absolute Gasteiger partial charge is 0.278 e. The van der Waals surface area contributed by atoms with Crippen molar-refractivity contribution < 1.29 is 31.4 Å². The number of fused-ring (bicyclic) bond motifs is 15. The van der Waals surface area contributed by atoms with E-state index in [-0.39, 0.29) is 46.6 Å². The standard InChI is InChI=1S/C24H19ClN4O.C24H19FN4O.C24H19N5O3.C24H20N4O.C23H19N5O/c2*1-14-24-23(21-11-26-13-30-21)27-12-29(24)20-9-8-16(15-6-7-15)10-18(20)22(28-14)17-4-2-3-5-19(17)25;1-14-24-23(21-11-25-13-32-21)26-12-28(24)19-9-8-16(15-6-7-15)10-18(19)22(27-14)17-4-2-3-5-20(17)29(30)31;1-15-24-23(21-12-25-14-29-21)26-13-28(24)20-10-9-18(16-7-8-16)11-19(20)22(27-15)17-5-3-2-4-6-17;1-14-23-22(20-11-24-13-29-20)26-12-28(23)19-8-7-16(15-5-6-15)10-17(19)21(27-14)18-4-2-3-9-25-18/h2*2-5,8-15H,6-7H2,1H3;2-5,8-15H,6-7H2,1H3;2-6,9-16H,7-8H2,1H3;2-4,7-15H,5-6H2,1H3/t3*14-;15-;14-/m00100/s1. The fraction of sp³-hybridized carbons (Fsp3) is 0.210. The number of hydrogen-bond acceptors (Lipinski definition) is 23. The quantitative estimate of drug-likeness (QED) is 0.0640. The normalized spacial score (nSPS) is 17.8. The van der Waals surface area contributed by atoms with Gasteiger partial charge in [-0.25, -0.2) is 54.2 Å². The van der Waals surface area contributed by atoms with Gasteiger partial charge in [0.2, 0.25) is 0 Å². The van der Waals surface area contributed by atoms with Crippen molar-refractivity contribution in [3.63, 3.8) is 0 Å². The topological polar surface area (TPSA) is 337 Å². The van der Waals surface area contributed by atoms with E-state index in [1.807, 2.05) is 109 Å². The predicted octanol–water partition coefficient (Wildman–Crippen LogP) is 26.7. The van der Waals surface area contributed by atoms with Gasteiger partial charge in [0.25, 0.3) is 5.69 Å². The first-order chi connectivity index (χ1) is 73.6. The number of rotatable bonds is 16. The molecule has 0 radical (unpaired) electrons. The maximum absolute atomic E-state index is 14.8. The summed E-state index contributed by atoms with van der Waals surface area (Å²) in [6.07, 6.45) is 38.7. The van der Waals surface area contributed by atoms with Gasteiger partial charge in [-0.05, 0) is 253 Å². The van der Waals surface area contributed by atoms with Gasteiger partial charge in [-0.15, -0.1) is 0 Å². The number of aliphatic imine (C=N–C) groups is 5. The Morgan fingerprint density at radius 2 is 0.593 bits per heavy atom. The molecule has 20 aromatic rings. The molecule has 0 unspecified atom stereocenters. The van der Waals surface area contributed by atoms with Crippen LogP contribution in [0.1, 0.15) is 271 Å². The summed E-state index contributed by atoms with van der Waals surface area (Å²) in [5, 5.41) is 12.5. The van der Waals surface area contributed by atoms with E-state index in [1.54, 1.807) is 67.9 Å². The van der Waals surface area contributed by atoms with Crippen molar-refractivity contribution in [3.05, 3.63) is 446 Å². The predicted molar refractivity (Wildman–Crippen MR) is 567 cm³/mol. The Kier molecular flexibility index (Phi) is 23.5. The van der Waals surface area contributed by atoms with Crippen molar-refractivity contribution in [2.24, 2.45) is 25.0 Å². The number of benzene rings is 9. The van der Waals surface area contributed by atoms with Crippen molar-refractivity contribution >= 4 is 45.8 Å². The molecular formula is C119H96ClFN22O7. The highest BCUT2D eigenvalue weighted by Crippen LogP contribution is 2.51. The van der Waals surface area contributed by atoms with Crippen LogP contribution in [-0.2, 0) is 0 Å². The minimum absolute atomic E-state index is 0.0430. The van der Waals surface area contributed by atoms with Crippen LogP contribution in [0, 0.1) is 15.9 Å². The van der Waals surface area contributed by atoms with Crippen LogP contribution in [0.2, 0.25) is 5.02 Å². The molecule has 30 rings (SSSR count). The molecule has 5 aliphatic heterocycles. The van der Waals surface area contributed by atoms with Crippen LogP contribution < -0.4 is 0 Å².